The highest BCUT2D eigenvalue weighted by atomic mass is 16.7. The van der Waals surface area contributed by atoms with Crippen LogP contribution in [0, 0.1) is 0 Å². The third-order valence-electron chi connectivity index (χ3n) is 14.3. The van der Waals surface area contributed by atoms with Crippen LogP contribution in [0.1, 0.15) is 162 Å². The zero-order valence-corrected chi connectivity index (χ0v) is 45.9. The predicted molar refractivity (Wildman–Crippen MR) is 262 cm³/mol. The number of nitrogens with zero attached hydrogens (tertiary/aromatic N) is 7. The van der Waals surface area contributed by atoms with Crippen LogP contribution in [-0.2, 0) is 43.3 Å². The summed E-state index contributed by atoms with van der Waals surface area (Å²) >= 11 is 0. The van der Waals surface area contributed by atoms with Crippen molar-refractivity contribution < 1.29 is 68.9 Å². The molecule has 4 fully saturated rings. The second-order valence-electron chi connectivity index (χ2n) is 25.9. The molecule has 4 rings (SSSR count). The quantitative estimate of drug-likeness (QED) is 0.118. The molecule has 0 radical (unpaired) electrons. The number of aliphatic carboxylic acids is 1. The van der Waals surface area contributed by atoms with Gasteiger partial charge in [-0.1, -0.05) is 0 Å². The Hall–Kier alpha value is -3.09. The Balaban J connectivity index is 1.63. The lowest BCUT2D eigenvalue weighted by atomic mass is 9.80. The van der Waals surface area contributed by atoms with Gasteiger partial charge in [0.2, 0.25) is 0 Å². The number of hydrogen-bond acceptors (Lipinski definition) is 20. The van der Waals surface area contributed by atoms with Crippen LogP contribution < -0.4 is 0 Å². The number of carbonyl (C=O) groups is 5. The van der Waals surface area contributed by atoms with Gasteiger partial charge in [0.05, 0.1) is 101 Å². The van der Waals surface area contributed by atoms with E-state index >= 15 is 0 Å². The number of carboxylic acid groups (broad SMARTS) is 1. The van der Waals surface area contributed by atoms with E-state index in [1.54, 1.807) is 30.1 Å². The maximum Gasteiger partial charge on any atom is 0.339 e. The smallest absolute Gasteiger partial charge is 0.339 e. The zero-order chi connectivity index (χ0) is 54.1. The van der Waals surface area contributed by atoms with Crippen molar-refractivity contribution in [2.24, 2.45) is 0 Å². The number of aliphatic hydroxyl groups is 4. The molecule has 4 aliphatic heterocycles. The molecule has 0 unspecified atom stereocenters. The first kappa shape index (κ1) is 60.5. The molecule has 71 heavy (non-hydrogen) atoms. The van der Waals surface area contributed by atoms with Crippen LogP contribution in [-0.4, -0.2) is 218 Å². The van der Waals surface area contributed by atoms with Crippen LogP contribution in [0.4, 0.5) is 0 Å². The minimum atomic E-state index is -1.20. The van der Waals surface area contributed by atoms with Gasteiger partial charge in [0, 0.05) is 26.2 Å². The minimum Gasteiger partial charge on any atom is -0.480 e. The highest BCUT2D eigenvalue weighted by molar-refractivity contribution is 5.75. The van der Waals surface area contributed by atoms with Crippen LogP contribution in [0.15, 0.2) is 0 Å². The lowest BCUT2D eigenvalue weighted by Gasteiger charge is -2.52. The third kappa shape index (κ3) is 16.5. The van der Waals surface area contributed by atoms with Crippen LogP contribution >= 0.6 is 0 Å². The average molecular weight is 1010 g/mol. The Bertz CT molecular complexity index is 1760. The molecule has 0 aromatic carbocycles. The van der Waals surface area contributed by atoms with Gasteiger partial charge in [-0.25, -0.2) is 19.2 Å². The van der Waals surface area contributed by atoms with Crippen LogP contribution in [0.5, 0.6) is 0 Å². The Morgan fingerprint density at radius 3 is 0.718 bits per heavy atom. The summed E-state index contributed by atoms with van der Waals surface area (Å²) in [5.41, 5.74) is -5.87. The third-order valence-corrected chi connectivity index (χ3v) is 14.3. The van der Waals surface area contributed by atoms with Gasteiger partial charge in [-0.05, 0) is 162 Å². The van der Waals surface area contributed by atoms with E-state index < -0.39 is 112 Å². The fourth-order valence-corrected chi connectivity index (χ4v) is 12.5. The first-order valence-electron chi connectivity index (χ1n) is 25.3. The van der Waals surface area contributed by atoms with Crippen LogP contribution in [0.2, 0.25) is 0 Å². The van der Waals surface area contributed by atoms with Crippen molar-refractivity contribution in [2.45, 2.75) is 231 Å². The summed E-state index contributed by atoms with van der Waals surface area (Å²) in [6.45, 7) is 27.8. The van der Waals surface area contributed by atoms with Crippen molar-refractivity contribution in [3.63, 3.8) is 0 Å². The molecule has 4 heterocycles. The zero-order valence-electron chi connectivity index (χ0n) is 45.9. The van der Waals surface area contributed by atoms with Gasteiger partial charge < -0.3 is 44.9 Å². The Kier molecular flexibility index (Phi) is 19.1. The molecule has 410 valence electrons. The number of carbonyl (C=O) groups excluding carboxylic acids is 4. The summed E-state index contributed by atoms with van der Waals surface area (Å²) in [6.07, 6.45) is 0.362. The summed E-state index contributed by atoms with van der Waals surface area (Å²) in [6, 6.07) is 0. The average Bonchev–Trinajstić information content (AvgIpc) is 3.13. The second kappa shape index (κ2) is 22.4. The summed E-state index contributed by atoms with van der Waals surface area (Å²) < 4.78 is 0. The molecular formula is C50H91N7O14. The van der Waals surface area contributed by atoms with Gasteiger partial charge in [0.15, 0.2) is 0 Å². The predicted octanol–water partition coefficient (Wildman–Crippen LogP) is 2.87. The number of piperidine rings is 4. The van der Waals surface area contributed by atoms with Gasteiger partial charge in [0.1, 0.15) is 0 Å². The van der Waals surface area contributed by atoms with Crippen molar-refractivity contribution in [1.82, 2.24) is 35.0 Å². The molecule has 5 N–H and O–H groups in total. The molecule has 0 aromatic heterocycles. The lowest BCUT2D eigenvalue weighted by Crippen LogP contribution is -2.63. The molecule has 21 heteroatoms. The highest BCUT2D eigenvalue weighted by Gasteiger charge is 2.51. The molecule has 0 bridgehead atoms. The molecule has 0 saturated carbocycles. The van der Waals surface area contributed by atoms with Crippen LogP contribution in [0.3, 0.4) is 0 Å². The number of rotatable bonds is 20. The molecule has 0 spiro atoms. The normalized spacial score (nSPS) is 25.0. The van der Waals surface area contributed by atoms with Gasteiger partial charge in [-0.2, -0.15) is 0 Å². The Morgan fingerprint density at radius 1 is 0.352 bits per heavy atom. The molecule has 0 aliphatic carbocycles. The first-order chi connectivity index (χ1) is 32.2. The maximum absolute atomic E-state index is 14.1. The topological polar surface area (TPSA) is 246 Å². The molecule has 4 aliphatic rings. The Labute approximate surface area is 422 Å². The molecule has 0 amide bonds. The molecule has 4 saturated heterocycles. The second-order valence-corrected chi connectivity index (χ2v) is 25.9. The highest BCUT2D eigenvalue weighted by Crippen LogP contribution is 2.42. The fraction of sp³-hybridized carbons (Fsp3) is 0.900. The molecule has 0 atom stereocenters. The number of hydroxylamine groups is 8. The molecule has 21 nitrogen and oxygen atoms in total. The summed E-state index contributed by atoms with van der Waals surface area (Å²) in [7, 11) is 0. The Morgan fingerprint density at radius 2 is 0.521 bits per heavy atom. The van der Waals surface area contributed by atoms with E-state index in [9.17, 15) is 49.5 Å². The number of aliphatic hydroxyl groups excluding tert-OH is 4. The largest absolute Gasteiger partial charge is 0.480 e. The summed E-state index contributed by atoms with van der Waals surface area (Å²) in [5, 5.41) is 58.9. The van der Waals surface area contributed by atoms with E-state index in [-0.39, 0.29) is 45.8 Å². The first-order valence-corrected chi connectivity index (χ1v) is 25.3. The van der Waals surface area contributed by atoms with Gasteiger partial charge in [-0.15, -0.1) is 20.3 Å². The van der Waals surface area contributed by atoms with Crippen molar-refractivity contribution >= 4 is 29.8 Å². The van der Waals surface area contributed by atoms with Crippen molar-refractivity contribution in [3.05, 3.63) is 0 Å². The minimum absolute atomic E-state index is 0.00663. The van der Waals surface area contributed by atoms with E-state index in [0.717, 1.165) is 0 Å². The lowest BCUT2D eigenvalue weighted by molar-refractivity contribution is -0.279. The van der Waals surface area contributed by atoms with Crippen LogP contribution in [0.25, 0.3) is 0 Å². The van der Waals surface area contributed by atoms with Crippen molar-refractivity contribution in [2.75, 3.05) is 58.9 Å². The standard InChI is InChI=1S/C50H91N7O14/c1-43(2)21-34(58)22-44(3,4)54(43)68-39(64)30-51(17-19-52(29-38(62)63)31-40(65)69-55-45(5,6)23-35(59)24-46(55,7)8)18-20-53(32-41(66)70-56-47(9,10)25-36(60)26-48(56,11)12)33-42(67)71-57-49(13,14)27-37(61)28-50(57,15)16/h34-37,58-61H,17-33H2,1-16H3,(H,62,63). The summed E-state index contributed by atoms with van der Waals surface area (Å²) in [5.74, 6) is -3.92. The molecule has 0 aromatic rings. The molecular weight excluding hydrogens is 923 g/mol. The number of hydrogen-bond donors (Lipinski definition) is 5. The van der Waals surface area contributed by atoms with Gasteiger partial charge in [0.25, 0.3) is 0 Å². The maximum atomic E-state index is 14.1. The van der Waals surface area contributed by atoms with E-state index in [4.69, 9.17) is 19.4 Å². The monoisotopic (exact) mass is 1010 g/mol. The van der Waals surface area contributed by atoms with Gasteiger partial charge >= 0.3 is 29.8 Å². The van der Waals surface area contributed by atoms with E-state index in [1.807, 2.05) is 111 Å². The van der Waals surface area contributed by atoms with E-state index in [1.165, 1.54) is 4.90 Å². The van der Waals surface area contributed by atoms with E-state index in [0.29, 0.717) is 51.4 Å². The summed E-state index contributed by atoms with van der Waals surface area (Å²) in [4.78, 5) is 96.9. The SMILES string of the molecule is CC1(C)CC(O)CC(C)(C)N1OC(=O)CN(CCN(CC(=O)O)CC(=O)ON1C(C)(C)CC(O)CC1(C)C)CCN(CC(=O)ON1C(C)(C)CC(O)CC1(C)C)CC(=O)ON1C(C)(C)CC(O)CC1(C)C. The van der Waals surface area contributed by atoms with Crippen molar-refractivity contribution in [3.8, 4) is 0 Å². The number of carboxylic acids is 1. The van der Waals surface area contributed by atoms with E-state index in [2.05, 4.69) is 0 Å². The van der Waals surface area contributed by atoms with Crippen molar-refractivity contribution in [1.29, 1.82) is 0 Å². The van der Waals surface area contributed by atoms with Gasteiger partial charge in [-0.3, -0.25) is 19.5 Å². The fourth-order valence-electron chi connectivity index (χ4n) is 12.5.